The van der Waals surface area contributed by atoms with E-state index >= 15 is 0 Å². The number of amides is 3. The molecule has 0 spiro atoms. The van der Waals surface area contributed by atoms with Crippen LogP contribution in [0.25, 0.3) is 0 Å². The van der Waals surface area contributed by atoms with Gasteiger partial charge in [0, 0.05) is 45.6 Å². The Balaban J connectivity index is 1.27. The van der Waals surface area contributed by atoms with Gasteiger partial charge in [-0.15, -0.1) is 5.06 Å². The molecule has 2 aromatic rings. The minimum Gasteiger partial charge on any atom is -0.457 e. The van der Waals surface area contributed by atoms with Crippen molar-refractivity contribution in [2.24, 2.45) is 0 Å². The molecule has 0 aromatic heterocycles. The first-order chi connectivity index (χ1) is 14.6. The van der Waals surface area contributed by atoms with Crippen LogP contribution >= 0.6 is 0 Å². The summed E-state index contributed by atoms with van der Waals surface area (Å²) in [4.78, 5) is 44.2. The Bertz CT molecular complexity index is 909. The topological polar surface area (TPSA) is 79.4 Å². The number of nitrogens with zero attached hydrogens (tertiary/aromatic N) is 3. The first-order valence-electron chi connectivity index (χ1n) is 9.95. The Hall–Kier alpha value is -3.39. The number of para-hydroxylation sites is 1. The molecule has 3 amide bonds. The van der Waals surface area contributed by atoms with Gasteiger partial charge in [0.25, 0.3) is 11.8 Å². The minimum absolute atomic E-state index is 0.0902. The molecule has 2 aliphatic rings. The number of ether oxygens (including phenoxy) is 1. The summed E-state index contributed by atoms with van der Waals surface area (Å²) in [6.45, 7) is 3.00. The van der Waals surface area contributed by atoms with Crippen molar-refractivity contribution in [3.8, 4) is 11.5 Å². The maximum absolute atomic E-state index is 12.3. The molecule has 8 heteroatoms. The number of hydrogen-bond acceptors (Lipinski definition) is 6. The number of imide groups is 1. The molecule has 2 heterocycles. The number of rotatable bonds is 5. The molecule has 30 heavy (non-hydrogen) atoms. The van der Waals surface area contributed by atoms with E-state index in [-0.39, 0.29) is 12.8 Å². The molecule has 2 fully saturated rings. The lowest BCUT2D eigenvalue weighted by Gasteiger charge is -2.34. The van der Waals surface area contributed by atoms with Crippen molar-refractivity contribution in [3.63, 3.8) is 0 Å². The summed E-state index contributed by atoms with van der Waals surface area (Å²) < 4.78 is 5.89. The Morgan fingerprint density at radius 3 is 2.20 bits per heavy atom. The van der Waals surface area contributed by atoms with Gasteiger partial charge in [-0.05, 0) is 29.8 Å². The Morgan fingerprint density at radius 2 is 1.50 bits per heavy atom. The van der Waals surface area contributed by atoms with Gasteiger partial charge in [-0.2, -0.15) is 0 Å². The number of carbonyl (C=O) groups is 3. The summed E-state index contributed by atoms with van der Waals surface area (Å²) in [5, 5.41) is 0.590. The van der Waals surface area contributed by atoms with Crippen molar-refractivity contribution < 1.29 is 24.0 Å². The van der Waals surface area contributed by atoms with E-state index in [4.69, 9.17) is 9.57 Å². The maximum atomic E-state index is 12.3. The Morgan fingerprint density at radius 1 is 0.833 bits per heavy atom. The lowest BCUT2D eigenvalue weighted by atomic mass is 10.2. The number of carbonyl (C=O) groups excluding carboxylic acids is 3. The van der Waals surface area contributed by atoms with Crippen LogP contribution < -0.4 is 4.74 Å². The van der Waals surface area contributed by atoms with Crippen LogP contribution in [0.5, 0.6) is 11.5 Å². The normalized spacial score (nSPS) is 17.3. The van der Waals surface area contributed by atoms with Gasteiger partial charge < -0.3 is 14.5 Å². The van der Waals surface area contributed by atoms with Crippen molar-refractivity contribution in [1.29, 1.82) is 0 Å². The first kappa shape index (κ1) is 19.9. The average Bonchev–Trinajstić information content (AvgIpc) is 3.07. The number of hydrogen-bond donors (Lipinski definition) is 0. The molecule has 2 aliphatic heterocycles. The van der Waals surface area contributed by atoms with Gasteiger partial charge in [0.15, 0.2) is 0 Å². The first-order valence-corrected chi connectivity index (χ1v) is 9.95. The van der Waals surface area contributed by atoms with Gasteiger partial charge in [0.05, 0.1) is 0 Å². The second-order valence-electron chi connectivity index (χ2n) is 7.26. The van der Waals surface area contributed by atoms with Crippen LogP contribution in [0, 0.1) is 0 Å². The van der Waals surface area contributed by atoms with Crippen molar-refractivity contribution in [2.75, 3.05) is 26.2 Å². The SMILES string of the molecule is O=C(ON1C(=O)CCC1=O)N1CCN(Cc2cccc(Oc3ccccc3)c2)CC1. The third-order valence-corrected chi connectivity index (χ3v) is 5.09. The van der Waals surface area contributed by atoms with Crippen molar-refractivity contribution in [1.82, 2.24) is 14.9 Å². The molecule has 0 saturated carbocycles. The van der Waals surface area contributed by atoms with E-state index in [1.54, 1.807) is 0 Å². The van der Waals surface area contributed by atoms with E-state index in [1.807, 2.05) is 54.6 Å². The number of benzene rings is 2. The van der Waals surface area contributed by atoms with E-state index in [9.17, 15) is 14.4 Å². The van der Waals surface area contributed by atoms with Crippen LogP contribution in [0.4, 0.5) is 4.79 Å². The molecular formula is C22H23N3O5. The van der Waals surface area contributed by atoms with Gasteiger partial charge in [0.2, 0.25) is 0 Å². The summed E-state index contributed by atoms with van der Waals surface area (Å²) in [6, 6.07) is 17.6. The van der Waals surface area contributed by atoms with Crippen molar-refractivity contribution in [3.05, 3.63) is 60.2 Å². The average molecular weight is 409 g/mol. The summed E-state index contributed by atoms with van der Waals surface area (Å²) in [6.07, 6.45) is -0.476. The maximum Gasteiger partial charge on any atom is 0.434 e. The summed E-state index contributed by atoms with van der Waals surface area (Å²) in [7, 11) is 0. The predicted octanol–water partition coefficient (Wildman–Crippen LogP) is 2.80. The fourth-order valence-corrected chi connectivity index (χ4v) is 3.47. The van der Waals surface area contributed by atoms with E-state index in [1.165, 1.54) is 4.90 Å². The van der Waals surface area contributed by atoms with Gasteiger partial charge >= 0.3 is 6.09 Å². The fraction of sp³-hybridized carbons (Fsp3) is 0.318. The third kappa shape index (κ3) is 4.77. The fourth-order valence-electron chi connectivity index (χ4n) is 3.47. The van der Waals surface area contributed by atoms with Crippen molar-refractivity contribution in [2.45, 2.75) is 19.4 Å². The van der Waals surface area contributed by atoms with E-state index in [0.29, 0.717) is 31.2 Å². The van der Waals surface area contributed by atoms with Crippen LogP contribution in [-0.2, 0) is 21.0 Å². The third-order valence-electron chi connectivity index (χ3n) is 5.09. The van der Waals surface area contributed by atoms with Crippen LogP contribution in [-0.4, -0.2) is 58.9 Å². The molecule has 0 unspecified atom stereocenters. The number of hydroxylamine groups is 2. The zero-order chi connectivity index (χ0) is 20.9. The lowest BCUT2D eigenvalue weighted by molar-refractivity contribution is -0.174. The highest BCUT2D eigenvalue weighted by Crippen LogP contribution is 2.23. The molecule has 156 valence electrons. The van der Waals surface area contributed by atoms with Crippen LogP contribution in [0.15, 0.2) is 54.6 Å². The molecule has 2 aromatic carbocycles. The monoisotopic (exact) mass is 409 g/mol. The molecule has 0 aliphatic carbocycles. The summed E-state index contributed by atoms with van der Waals surface area (Å²) in [5.41, 5.74) is 1.12. The van der Waals surface area contributed by atoms with Gasteiger partial charge in [0.1, 0.15) is 11.5 Å². The van der Waals surface area contributed by atoms with Crippen LogP contribution in [0.3, 0.4) is 0 Å². The largest absolute Gasteiger partial charge is 0.457 e. The lowest BCUT2D eigenvalue weighted by Crippen LogP contribution is -2.50. The Labute approximate surface area is 174 Å². The Kier molecular flexibility index (Phi) is 5.94. The van der Waals surface area contributed by atoms with Crippen LogP contribution in [0.2, 0.25) is 0 Å². The summed E-state index contributed by atoms with van der Waals surface area (Å²) in [5.74, 6) is 0.631. The van der Waals surface area contributed by atoms with E-state index < -0.39 is 17.9 Å². The highest BCUT2D eigenvalue weighted by molar-refractivity contribution is 6.01. The van der Waals surface area contributed by atoms with E-state index in [0.717, 1.165) is 23.6 Å². The van der Waals surface area contributed by atoms with E-state index in [2.05, 4.69) is 4.90 Å². The molecule has 2 saturated heterocycles. The second kappa shape index (κ2) is 8.96. The molecule has 0 atom stereocenters. The van der Waals surface area contributed by atoms with Gasteiger partial charge in [-0.3, -0.25) is 14.5 Å². The molecular weight excluding hydrogens is 386 g/mol. The molecule has 4 rings (SSSR count). The molecule has 0 N–H and O–H groups in total. The highest BCUT2D eigenvalue weighted by atomic mass is 16.7. The highest BCUT2D eigenvalue weighted by Gasteiger charge is 2.34. The zero-order valence-corrected chi connectivity index (χ0v) is 16.5. The van der Waals surface area contributed by atoms with Crippen LogP contribution in [0.1, 0.15) is 18.4 Å². The summed E-state index contributed by atoms with van der Waals surface area (Å²) >= 11 is 0. The second-order valence-corrected chi connectivity index (χ2v) is 7.26. The predicted molar refractivity (Wildman–Crippen MR) is 107 cm³/mol. The molecule has 8 nitrogen and oxygen atoms in total. The minimum atomic E-state index is -0.656. The number of piperazine rings is 1. The quantitative estimate of drug-likeness (QED) is 0.707. The van der Waals surface area contributed by atoms with Gasteiger partial charge in [-0.1, -0.05) is 30.3 Å². The molecule has 0 bridgehead atoms. The smallest absolute Gasteiger partial charge is 0.434 e. The van der Waals surface area contributed by atoms with Gasteiger partial charge in [-0.25, -0.2) is 4.79 Å². The standard InChI is InChI=1S/C22H23N3O5/c26-20-9-10-21(27)25(20)30-22(28)24-13-11-23(12-14-24)16-17-5-4-8-19(15-17)29-18-6-2-1-3-7-18/h1-8,15H,9-14,16H2. The molecule has 0 radical (unpaired) electrons. The zero-order valence-electron chi connectivity index (χ0n) is 16.5. The van der Waals surface area contributed by atoms with Crippen molar-refractivity contribution >= 4 is 17.9 Å².